The Labute approximate surface area is 111 Å². The van der Waals surface area contributed by atoms with Crippen LogP contribution in [0.3, 0.4) is 0 Å². The van der Waals surface area contributed by atoms with Crippen LogP contribution in [0.1, 0.15) is 38.9 Å². The summed E-state index contributed by atoms with van der Waals surface area (Å²) in [5.74, 6) is -1.18. The van der Waals surface area contributed by atoms with Crippen molar-refractivity contribution >= 4 is 11.8 Å². The summed E-state index contributed by atoms with van der Waals surface area (Å²) in [6.45, 7) is 1.99. The van der Waals surface area contributed by atoms with Crippen molar-refractivity contribution in [3.05, 3.63) is 58.9 Å². The predicted molar refractivity (Wildman–Crippen MR) is 71.6 cm³/mol. The van der Waals surface area contributed by atoms with Gasteiger partial charge in [-0.2, -0.15) is 0 Å². The van der Waals surface area contributed by atoms with Gasteiger partial charge >= 0.3 is 5.97 Å². The van der Waals surface area contributed by atoms with E-state index in [0.717, 1.165) is 12.0 Å². The SMILES string of the molecule is CCc1ccccc1C(=O)c1cc(C(=O)O)n(C)c1. The molecule has 4 nitrogen and oxygen atoms in total. The molecule has 98 valence electrons. The van der Waals surface area contributed by atoms with Gasteiger partial charge in [-0.15, -0.1) is 0 Å². The molecule has 1 aromatic heterocycles. The van der Waals surface area contributed by atoms with E-state index in [4.69, 9.17) is 5.11 Å². The van der Waals surface area contributed by atoms with Crippen molar-refractivity contribution in [1.29, 1.82) is 0 Å². The number of aryl methyl sites for hydroxylation is 2. The molecule has 0 saturated carbocycles. The maximum absolute atomic E-state index is 12.4. The molecule has 0 spiro atoms. The molecule has 0 amide bonds. The zero-order valence-electron chi connectivity index (χ0n) is 10.9. The van der Waals surface area contributed by atoms with E-state index in [-0.39, 0.29) is 11.5 Å². The minimum Gasteiger partial charge on any atom is -0.477 e. The van der Waals surface area contributed by atoms with Crippen LogP contribution in [0.2, 0.25) is 0 Å². The Kier molecular flexibility index (Phi) is 3.51. The Balaban J connectivity index is 2.44. The average molecular weight is 257 g/mol. The second kappa shape index (κ2) is 5.10. The fourth-order valence-electron chi connectivity index (χ4n) is 2.11. The molecule has 0 bridgehead atoms. The molecule has 0 radical (unpaired) electrons. The molecule has 2 rings (SSSR count). The Morgan fingerprint density at radius 1 is 1.26 bits per heavy atom. The molecule has 0 aliphatic carbocycles. The lowest BCUT2D eigenvalue weighted by Gasteiger charge is -2.04. The smallest absolute Gasteiger partial charge is 0.352 e. The maximum atomic E-state index is 12.4. The van der Waals surface area contributed by atoms with Gasteiger partial charge in [0.1, 0.15) is 5.69 Å². The fraction of sp³-hybridized carbons (Fsp3) is 0.200. The van der Waals surface area contributed by atoms with Crippen molar-refractivity contribution in [2.45, 2.75) is 13.3 Å². The number of carbonyl (C=O) groups excluding carboxylic acids is 1. The summed E-state index contributed by atoms with van der Waals surface area (Å²) in [4.78, 5) is 23.4. The first-order chi connectivity index (χ1) is 9.04. The van der Waals surface area contributed by atoms with E-state index < -0.39 is 5.97 Å². The number of aromatic carboxylic acids is 1. The number of carboxylic acids is 1. The summed E-state index contributed by atoms with van der Waals surface area (Å²) in [5.41, 5.74) is 2.11. The molecular weight excluding hydrogens is 242 g/mol. The van der Waals surface area contributed by atoms with E-state index in [1.54, 1.807) is 19.3 Å². The van der Waals surface area contributed by atoms with E-state index in [2.05, 4.69) is 0 Å². The summed E-state index contributed by atoms with van der Waals surface area (Å²) in [5, 5.41) is 9.00. The first-order valence-electron chi connectivity index (χ1n) is 6.06. The molecule has 1 aromatic carbocycles. The fourth-order valence-corrected chi connectivity index (χ4v) is 2.11. The highest BCUT2D eigenvalue weighted by Crippen LogP contribution is 2.17. The average Bonchev–Trinajstić information content (AvgIpc) is 2.80. The van der Waals surface area contributed by atoms with Gasteiger partial charge in [0.05, 0.1) is 0 Å². The van der Waals surface area contributed by atoms with Gasteiger partial charge in [-0.05, 0) is 18.1 Å². The second-order valence-electron chi connectivity index (χ2n) is 4.37. The van der Waals surface area contributed by atoms with Crippen molar-refractivity contribution in [3.8, 4) is 0 Å². The summed E-state index contributed by atoms with van der Waals surface area (Å²) in [6, 6.07) is 8.80. The molecule has 0 aliphatic rings. The number of benzene rings is 1. The molecule has 1 N–H and O–H groups in total. The van der Waals surface area contributed by atoms with Crippen LogP contribution in [-0.2, 0) is 13.5 Å². The summed E-state index contributed by atoms with van der Waals surface area (Å²) < 4.78 is 1.45. The molecule has 0 aliphatic heterocycles. The van der Waals surface area contributed by atoms with Crippen LogP contribution in [-0.4, -0.2) is 21.4 Å². The standard InChI is InChI=1S/C15H15NO3/c1-3-10-6-4-5-7-12(10)14(17)11-8-13(15(18)19)16(2)9-11/h4-9H,3H2,1-2H3,(H,18,19). The Morgan fingerprint density at radius 3 is 2.53 bits per heavy atom. The van der Waals surface area contributed by atoms with Gasteiger partial charge < -0.3 is 9.67 Å². The molecule has 0 unspecified atom stereocenters. The molecule has 2 aromatic rings. The zero-order chi connectivity index (χ0) is 14.0. The molecule has 0 fully saturated rings. The summed E-state index contributed by atoms with van der Waals surface area (Å²) in [7, 11) is 1.62. The summed E-state index contributed by atoms with van der Waals surface area (Å²) >= 11 is 0. The third-order valence-electron chi connectivity index (χ3n) is 3.13. The van der Waals surface area contributed by atoms with Crippen LogP contribution in [0.25, 0.3) is 0 Å². The lowest BCUT2D eigenvalue weighted by atomic mass is 9.98. The number of nitrogens with zero attached hydrogens (tertiary/aromatic N) is 1. The zero-order valence-corrected chi connectivity index (χ0v) is 10.9. The Hall–Kier alpha value is -2.36. The summed E-state index contributed by atoms with van der Waals surface area (Å²) in [6.07, 6.45) is 2.32. The monoisotopic (exact) mass is 257 g/mol. The topological polar surface area (TPSA) is 59.3 Å². The van der Waals surface area contributed by atoms with E-state index >= 15 is 0 Å². The van der Waals surface area contributed by atoms with Crippen LogP contribution in [0.5, 0.6) is 0 Å². The minimum absolute atomic E-state index is 0.109. The number of carbonyl (C=O) groups is 2. The first-order valence-corrected chi connectivity index (χ1v) is 6.06. The lowest BCUT2D eigenvalue weighted by Crippen LogP contribution is -2.04. The van der Waals surface area contributed by atoms with Gasteiger partial charge in [-0.3, -0.25) is 4.79 Å². The third kappa shape index (κ3) is 2.42. The van der Waals surface area contributed by atoms with Gasteiger partial charge in [0, 0.05) is 24.4 Å². The van der Waals surface area contributed by atoms with Gasteiger partial charge in [-0.1, -0.05) is 31.2 Å². The number of hydrogen-bond acceptors (Lipinski definition) is 2. The van der Waals surface area contributed by atoms with E-state index in [0.29, 0.717) is 11.1 Å². The highest BCUT2D eigenvalue weighted by molar-refractivity contribution is 6.10. The van der Waals surface area contributed by atoms with Crippen molar-refractivity contribution < 1.29 is 14.7 Å². The predicted octanol–water partition coefficient (Wildman–Crippen LogP) is 2.52. The van der Waals surface area contributed by atoms with Gasteiger partial charge in [0.2, 0.25) is 0 Å². The molecule has 1 heterocycles. The molecule has 0 atom stereocenters. The van der Waals surface area contributed by atoms with E-state index in [1.165, 1.54) is 10.6 Å². The van der Waals surface area contributed by atoms with Crippen molar-refractivity contribution in [2.24, 2.45) is 7.05 Å². The molecular formula is C15H15NO3. The van der Waals surface area contributed by atoms with Gasteiger partial charge in [0.25, 0.3) is 0 Å². The van der Waals surface area contributed by atoms with Crippen LogP contribution >= 0.6 is 0 Å². The molecule has 0 saturated heterocycles. The largest absolute Gasteiger partial charge is 0.477 e. The number of aromatic nitrogens is 1. The number of ketones is 1. The van der Waals surface area contributed by atoms with E-state index in [9.17, 15) is 9.59 Å². The number of carboxylic acid groups (broad SMARTS) is 1. The maximum Gasteiger partial charge on any atom is 0.352 e. The Morgan fingerprint density at radius 2 is 1.95 bits per heavy atom. The van der Waals surface area contributed by atoms with Crippen molar-refractivity contribution in [3.63, 3.8) is 0 Å². The Bertz CT molecular complexity index is 641. The van der Waals surface area contributed by atoms with Crippen LogP contribution < -0.4 is 0 Å². The second-order valence-corrected chi connectivity index (χ2v) is 4.37. The van der Waals surface area contributed by atoms with Crippen LogP contribution in [0.15, 0.2) is 36.5 Å². The quantitative estimate of drug-likeness (QED) is 0.856. The van der Waals surface area contributed by atoms with E-state index in [1.807, 2.05) is 25.1 Å². The van der Waals surface area contributed by atoms with Gasteiger partial charge in [-0.25, -0.2) is 4.79 Å². The van der Waals surface area contributed by atoms with Crippen LogP contribution in [0, 0.1) is 0 Å². The lowest BCUT2D eigenvalue weighted by molar-refractivity contribution is 0.0686. The molecule has 19 heavy (non-hydrogen) atoms. The number of rotatable bonds is 4. The van der Waals surface area contributed by atoms with Crippen molar-refractivity contribution in [1.82, 2.24) is 4.57 Å². The first kappa shape index (κ1) is 13.1. The third-order valence-corrected chi connectivity index (χ3v) is 3.13. The van der Waals surface area contributed by atoms with Crippen molar-refractivity contribution in [2.75, 3.05) is 0 Å². The van der Waals surface area contributed by atoms with Gasteiger partial charge in [0.15, 0.2) is 5.78 Å². The normalized spacial score (nSPS) is 10.4. The van der Waals surface area contributed by atoms with Crippen LogP contribution in [0.4, 0.5) is 0 Å². The number of hydrogen-bond donors (Lipinski definition) is 1. The minimum atomic E-state index is -1.04. The highest BCUT2D eigenvalue weighted by atomic mass is 16.4. The highest BCUT2D eigenvalue weighted by Gasteiger charge is 2.17. The molecule has 4 heteroatoms.